The number of aryl methyl sites for hydroxylation is 1. The van der Waals surface area contributed by atoms with Gasteiger partial charge in [-0.05, 0) is 79.5 Å². The van der Waals surface area contributed by atoms with Crippen molar-refractivity contribution in [1.82, 2.24) is 5.32 Å². The summed E-state index contributed by atoms with van der Waals surface area (Å²) in [5.41, 5.74) is 3.04. The Balaban J connectivity index is 1.70. The highest BCUT2D eigenvalue weighted by molar-refractivity contribution is 6.31. The molecule has 0 spiro atoms. The fourth-order valence-electron chi connectivity index (χ4n) is 4.18. The van der Waals surface area contributed by atoms with E-state index >= 15 is 0 Å². The van der Waals surface area contributed by atoms with Crippen molar-refractivity contribution in [1.29, 1.82) is 0 Å². The second-order valence-corrected chi connectivity index (χ2v) is 8.37. The SMILES string of the molecule is Cc1ccc(CC2(CNCC(C)C)CC3CC3C2)c(Cl)c1. The van der Waals surface area contributed by atoms with Gasteiger partial charge >= 0.3 is 0 Å². The molecular formula is C19H28ClN. The zero-order chi connectivity index (χ0) is 15.0. The molecule has 116 valence electrons. The Morgan fingerprint density at radius 1 is 1.29 bits per heavy atom. The van der Waals surface area contributed by atoms with Gasteiger partial charge in [-0.2, -0.15) is 0 Å². The summed E-state index contributed by atoms with van der Waals surface area (Å²) in [7, 11) is 0. The highest BCUT2D eigenvalue weighted by Gasteiger charge is 2.53. The number of hydrogen-bond acceptors (Lipinski definition) is 1. The van der Waals surface area contributed by atoms with Gasteiger partial charge in [0.15, 0.2) is 0 Å². The Hall–Kier alpha value is -0.530. The van der Waals surface area contributed by atoms with E-state index in [9.17, 15) is 0 Å². The van der Waals surface area contributed by atoms with E-state index < -0.39 is 0 Å². The van der Waals surface area contributed by atoms with E-state index in [4.69, 9.17) is 11.6 Å². The average Bonchev–Trinajstić information content (AvgIpc) is 3.01. The van der Waals surface area contributed by atoms with Crippen LogP contribution in [0.4, 0.5) is 0 Å². The van der Waals surface area contributed by atoms with Crippen LogP contribution in [-0.4, -0.2) is 13.1 Å². The molecule has 2 atom stereocenters. The quantitative estimate of drug-likeness (QED) is 0.792. The molecule has 2 heteroatoms. The fourth-order valence-corrected chi connectivity index (χ4v) is 4.48. The van der Waals surface area contributed by atoms with Crippen molar-refractivity contribution in [2.24, 2.45) is 23.2 Å². The third-order valence-corrected chi connectivity index (χ3v) is 5.64. The van der Waals surface area contributed by atoms with Crippen LogP contribution in [0.3, 0.4) is 0 Å². The van der Waals surface area contributed by atoms with Gasteiger partial charge in [-0.15, -0.1) is 0 Å². The molecule has 1 aromatic carbocycles. The summed E-state index contributed by atoms with van der Waals surface area (Å²) in [6, 6.07) is 6.56. The minimum absolute atomic E-state index is 0.446. The van der Waals surface area contributed by atoms with Crippen LogP contribution >= 0.6 is 11.6 Å². The molecular weight excluding hydrogens is 278 g/mol. The Morgan fingerprint density at radius 2 is 2.00 bits per heavy atom. The molecule has 0 aliphatic heterocycles. The van der Waals surface area contributed by atoms with Crippen molar-refractivity contribution >= 4 is 11.6 Å². The molecule has 1 nitrogen and oxygen atoms in total. The summed E-state index contributed by atoms with van der Waals surface area (Å²) < 4.78 is 0. The maximum atomic E-state index is 6.48. The van der Waals surface area contributed by atoms with E-state index in [1.165, 1.54) is 30.4 Å². The van der Waals surface area contributed by atoms with Gasteiger partial charge in [0.2, 0.25) is 0 Å². The van der Waals surface area contributed by atoms with Gasteiger partial charge in [0.05, 0.1) is 0 Å². The first kappa shape index (κ1) is 15.4. The molecule has 2 aliphatic carbocycles. The van der Waals surface area contributed by atoms with Gasteiger partial charge in [-0.1, -0.05) is 37.6 Å². The Bertz CT molecular complexity index is 498. The molecule has 0 radical (unpaired) electrons. The molecule has 2 fully saturated rings. The molecule has 0 saturated heterocycles. The Kier molecular flexibility index (Phi) is 4.34. The number of rotatable bonds is 6. The molecule has 3 rings (SSSR count). The molecule has 1 aromatic rings. The second kappa shape index (κ2) is 5.93. The molecule has 0 aromatic heterocycles. The summed E-state index contributed by atoms with van der Waals surface area (Å²) in [5.74, 6) is 2.74. The molecule has 0 bridgehead atoms. The molecule has 2 saturated carbocycles. The van der Waals surface area contributed by atoms with Crippen LogP contribution in [0, 0.1) is 30.1 Å². The molecule has 21 heavy (non-hydrogen) atoms. The normalized spacial score (nSPS) is 30.7. The largest absolute Gasteiger partial charge is 0.316 e. The van der Waals surface area contributed by atoms with Crippen LogP contribution in [0.5, 0.6) is 0 Å². The average molecular weight is 306 g/mol. The molecule has 1 N–H and O–H groups in total. The predicted octanol–water partition coefficient (Wildman–Crippen LogP) is 4.85. The van der Waals surface area contributed by atoms with E-state index in [2.05, 4.69) is 44.3 Å². The lowest BCUT2D eigenvalue weighted by atomic mass is 9.77. The Morgan fingerprint density at radius 3 is 2.62 bits per heavy atom. The van der Waals surface area contributed by atoms with Gasteiger partial charge in [-0.3, -0.25) is 0 Å². The summed E-state index contributed by atoms with van der Waals surface area (Å²) in [5, 5.41) is 4.67. The highest BCUT2D eigenvalue weighted by Crippen LogP contribution is 2.60. The van der Waals surface area contributed by atoms with Crippen LogP contribution in [0.1, 0.15) is 44.2 Å². The number of nitrogens with one attached hydrogen (secondary N) is 1. The topological polar surface area (TPSA) is 12.0 Å². The van der Waals surface area contributed by atoms with E-state index in [1.54, 1.807) is 0 Å². The number of fused-ring (bicyclic) bond motifs is 1. The standard InChI is InChI=1S/C19H28ClN/c1-13(2)11-21-12-19(9-16-7-17(16)10-19)8-15-5-4-14(3)6-18(15)20/h4-6,13,16-17,21H,7-12H2,1-3H3. The van der Waals surface area contributed by atoms with Crippen LogP contribution in [-0.2, 0) is 6.42 Å². The van der Waals surface area contributed by atoms with Crippen LogP contribution in [0.15, 0.2) is 18.2 Å². The van der Waals surface area contributed by atoms with E-state index in [1.807, 2.05) is 0 Å². The summed E-state index contributed by atoms with van der Waals surface area (Å²) >= 11 is 6.48. The van der Waals surface area contributed by atoms with Crippen molar-refractivity contribution < 1.29 is 0 Å². The van der Waals surface area contributed by atoms with Crippen molar-refractivity contribution in [3.63, 3.8) is 0 Å². The first-order valence-electron chi connectivity index (χ1n) is 8.43. The van der Waals surface area contributed by atoms with E-state index in [0.29, 0.717) is 5.41 Å². The smallest absolute Gasteiger partial charge is 0.0440 e. The maximum absolute atomic E-state index is 6.48. The predicted molar refractivity (Wildman–Crippen MR) is 90.9 cm³/mol. The van der Waals surface area contributed by atoms with Crippen molar-refractivity contribution in [2.45, 2.75) is 46.5 Å². The summed E-state index contributed by atoms with van der Waals surface area (Å²) in [6.07, 6.45) is 5.41. The van der Waals surface area contributed by atoms with Gasteiger partial charge < -0.3 is 5.32 Å². The highest BCUT2D eigenvalue weighted by atomic mass is 35.5. The van der Waals surface area contributed by atoms with Crippen LogP contribution in [0.2, 0.25) is 5.02 Å². The third kappa shape index (κ3) is 3.63. The first-order chi connectivity index (χ1) is 9.97. The molecule has 0 heterocycles. The minimum Gasteiger partial charge on any atom is -0.316 e. The lowest BCUT2D eigenvalue weighted by Crippen LogP contribution is -2.36. The first-order valence-corrected chi connectivity index (χ1v) is 8.81. The molecule has 2 unspecified atom stereocenters. The van der Waals surface area contributed by atoms with Crippen molar-refractivity contribution in [2.75, 3.05) is 13.1 Å². The third-order valence-electron chi connectivity index (χ3n) is 5.29. The lowest BCUT2D eigenvalue weighted by Gasteiger charge is -2.32. The van der Waals surface area contributed by atoms with Gasteiger partial charge in [0.1, 0.15) is 0 Å². The molecule has 2 aliphatic rings. The second-order valence-electron chi connectivity index (χ2n) is 7.96. The maximum Gasteiger partial charge on any atom is 0.0440 e. The van der Waals surface area contributed by atoms with Crippen LogP contribution in [0.25, 0.3) is 0 Å². The zero-order valence-electron chi connectivity index (χ0n) is 13.6. The van der Waals surface area contributed by atoms with Crippen molar-refractivity contribution in [3.8, 4) is 0 Å². The number of halogens is 1. The Labute approximate surface area is 134 Å². The summed E-state index contributed by atoms with van der Waals surface area (Å²) in [6.45, 7) is 8.95. The van der Waals surface area contributed by atoms with Crippen LogP contribution < -0.4 is 5.32 Å². The fraction of sp³-hybridized carbons (Fsp3) is 0.684. The monoisotopic (exact) mass is 305 g/mol. The van der Waals surface area contributed by atoms with Gasteiger partial charge in [-0.25, -0.2) is 0 Å². The lowest BCUT2D eigenvalue weighted by molar-refractivity contribution is 0.245. The van der Waals surface area contributed by atoms with Gasteiger partial charge in [0.25, 0.3) is 0 Å². The minimum atomic E-state index is 0.446. The zero-order valence-corrected chi connectivity index (χ0v) is 14.3. The summed E-state index contributed by atoms with van der Waals surface area (Å²) in [4.78, 5) is 0. The van der Waals surface area contributed by atoms with E-state index in [0.717, 1.165) is 42.3 Å². The van der Waals surface area contributed by atoms with E-state index in [-0.39, 0.29) is 0 Å². The van der Waals surface area contributed by atoms with Gasteiger partial charge in [0, 0.05) is 11.6 Å². The number of benzene rings is 1. The van der Waals surface area contributed by atoms with Crippen molar-refractivity contribution in [3.05, 3.63) is 34.3 Å². The number of hydrogen-bond donors (Lipinski definition) is 1. The molecule has 0 amide bonds.